The Bertz CT molecular complexity index is 327. The topological polar surface area (TPSA) is 70.6 Å². The van der Waals surface area contributed by atoms with Gasteiger partial charge in [0.25, 0.3) is 5.91 Å². The van der Waals surface area contributed by atoms with Gasteiger partial charge in [-0.05, 0) is 6.42 Å². The van der Waals surface area contributed by atoms with E-state index < -0.39 is 0 Å². The zero-order valence-electron chi connectivity index (χ0n) is 8.69. The summed E-state index contributed by atoms with van der Waals surface area (Å²) in [4.78, 5) is 22.3. The molecular weight excluding hydrogens is 246 g/mol. The van der Waals surface area contributed by atoms with Crippen molar-refractivity contribution in [3.8, 4) is 0 Å². The Morgan fingerprint density at radius 3 is 2.88 bits per heavy atom. The van der Waals surface area contributed by atoms with Crippen molar-refractivity contribution in [2.45, 2.75) is 17.4 Å². The molecule has 0 aromatic heterocycles. The fourth-order valence-corrected chi connectivity index (χ4v) is 4.30. The Kier molecular flexibility index (Phi) is 4.11. The van der Waals surface area contributed by atoms with Crippen LogP contribution in [-0.2, 0) is 9.59 Å². The van der Waals surface area contributed by atoms with Crippen molar-refractivity contribution in [1.82, 2.24) is 10.7 Å². The first kappa shape index (κ1) is 11.8. The van der Waals surface area contributed by atoms with Gasteiger partial charge in [-0.1, -0.05) is 0 Å². The lowest BCUT2D eigenvalue weighted by Gasteiger charge is -2.08. The van der Waals surface area contributed by atoms with Crippen LogP contribution in [0.5, 0.6) is 0 Å². The van der Waals surface area contributed by atoms with Crippen LogP contribution in [0.1, 0.15) is 12.8 Å². The second kappa shape index (κ2) is 5.58. The second-order valence-corrected chi connectivity index (χ2v) is 6.41. The third-order valence-electron chi connectivity index (χ3n) is 2.26. The van der Waals surface area contributed by atoms with Crippen LogP contribution in [0.25, 0.3) is 0 Å². The predicted octanol–water partition coefficient (Wildman–Crippen LogP) is 0.175. The smallest absolute Gasteiger partial charge is 0.268 e. The van der Waals surface area contributed by atoms with Gasteiger partial charge in [-0.2, -0.15) is 5.10 Å². The molecule has 1 fully saturated rings. The standard InChI is InChI=1S/C9H13N3O2S2/c13-7-5-6(11-12-7)9(14)10-2-1-8-15-3-4-16-8/h8H,1-5H2,(H,10,14)(H,12,13). The van der Waals surface area contributed by atoms with Crippen LogP contribution in [0.2, 0.25) is 0 Å². The molecule has 2 heterocycles. The molecule has 1 saturated heterocycles. The SMILES string of the molecule is O=C1CC(C(=O)NCCC2SCCS2)=NN1. The number of carbonyl (C=O) groups is 2. The first-order valence-corrected chi connectivity index (χ1v) is 7.22. The van der Waals surface area contributed by atoms with E-state index >= 15 is 0 Å². The Balaban J connectivity index is 1.65. The molecule has 0 bridgehead atoms. The fraction of sp³-hybridized carbons (Fsp3) is 0.667. The lowest BCUT2D eigenvalue weighted by Crippen LogP contribution is -2.32. The maximum atomic E-state index is 11.5. The van der Waals surface area contributed by atoms with E-state index in [1.54, 1.807) is 0 Å². The summed E-state index contributed by atoms with van der Waals surface area (Å²) in [5.74, 6) is 1.96. The maximum Gasteiger partial charge on any atom is 0.268 e. The summed E-state index contributed by atoms with van der Waals surface area (Å²) in [6.07, 6.45) is 1.06. The van der Waals surface area contributed by atoms with Crippen LogP contribution in [0.15, 0.2) is 5.10 Å². The zero-order valence-corrected chi connectivity index (χ0v) is 10.3. The van der Waals surface area contributed by atoms with Gasteiger partial charge < -0.3 is 5.32 Å². The predicted molar refractivity (Wildman–Crippen MR) is 66.5 cm³/mol. The Morgan fingerprint density at radius 2 is 2.25 bits per heavy atom. The van der Waals surface area contributed by atoms with E-state index in [0.29, 0.717) is 11.1 Å². The second-order valence-electron chi connectivity index (χ2n) is 3.49. The largest absolute Gasteiger partial charge is 0.351 e. The number of hydrogen-bond acceptors (Lipinski definition) is 5. The summed E-state index contributed by atoms with van der Waals surface area (Å²) < 4.78 is 0.602. The molecule has 0 aliphatic carbocycles. The molecule has 0 aromatic rings. The molecule has 0 unspecified atom stereocenters. The van der Waals surface area contributed by atoms with Crippen molar-refractivity contribution in [1.29, 1.82) is 0 Å². The van der Waals surface area contributed by atoms with Gasteiger partial charge in [0.15, 0.2) is 0 Å². The summed E-state index contributed by atoms with van der Waals surface area (Å²) in [6, 6.07) is 0. The molecule has 88 valence electrons. The van der Waals surface area contributed by atoms with Crippen molar-refractivity contribution in [3.05, 3.63) is 0 Å². The van der Waals surface area contributed by atoms with Gasteiger partial charge in [0, 0.05) is 18.1 Å². The molecule has 0 atom stereocenters. The van der Waals surface area contributed by atoms with Gasteiger partial charge in [-0.3, -0.25) is 9.59 Å². The Hall–Kier alpha value is -0.690. The molecule has 2 aliphatic heterocycles. The maximum absolute atomic E-state index is 11.5. The molecule has 0 radical (unpaired) electrons. The van der Waals surface area contributed by atoms with Gasteiger partial charge >= 0.3 is 0 Å². The van der Waals surface area contributed by atoms with Crippen molar-refractivity contribution in [3.63, 3.8) is 0 Å². The Morgan fingerprint density at radius 1 is 1.50 bits per heavy atom. The number of carbonyl (C=O) groups excluding carboxylic acids is 2. The van der Waals surface area contributed by atoms with Crippen LogP contribution >= 0.6 is 23.5 Å². The summed E-state index contributed by atoms with van der Waals surface area (Å²) in [7, 11) is 0. The van der Waals surface area contributed by atoms with E-state index in [9.17, 15) is 9.59 Å². The van der Waals surface area contributed by atoms with E-state index in [2.05, 4.69) is 15.8 Å². The molecule has 0 aromatic carbocycles. The number of thioether (sulfide) groups is 2. The molecule has 0 saturated carbocycles. The summed E-state index contributed by atoms with van der Waals surface area (Å²) in [5.41, 5.74) is 2.55. The number of hydrogen-bond donors (Lipinski definition) is 2. The first-order chi connectivity index (χ1) is 7.75. The van der Waals surface area contributed by atoms with Crippen molar-refractivity contribution >= 4 is 41.0 Å². The van der Waals surface area contributed by atoms with E-state index in [4.69, 9.17) is 0 Å². The summed E-state index contributed by atoms with van der Waals surface area (Å²) in [6.45, 7) is 0.650. The minimum Gasteiger partial charge on any atom is -0.351 e. The van der Waals surface area contributed by atoms with Crippen LogP contribution in [0.4, 0.5) is 0 Å². The van der Waals surface area contributed by atoms with Crippen molar-refractivity contribution in [2.24, 2.45) is 5.10 Å². The highest BCUT2D eigenvalue weighted by Gasteiger charge is 2.21. The highest BCUT2D eigenvalue weighted by Crippen LogP contribution is 2.33. The van der Waals surface area contributed by atoms with Gasteiger partial charge in [0.2, 0.25) is 5.91 Å². The van der Waals surface area contributed by atoms with Gasteiger partial charge in [-0.25, -0.2) is 5.43 Å². The number of hydrazone groups is 1. The highest BCUT2D eigenvalue weighted by molar-refractivity contribution is 8.20. The summed E-state index contributed by atoms with van der Waals surface area (Å²) >= 11 is 3.88. The number of nitrogens with zero attached hydrogens (tertiary/aromatic N) is 1. The minimum absolute atomic E-state index is 0.0960. The molecule has 2 N–H and O–H groups in total. The molecule has 5 nitrogen and oxygen atoms in total. The molecule has 2 aliphatic rings. The third-order valence-corrected chi connectivity index (χ3v) is 5.43. The Labute approximate surface area is 102 Å². The third kappa shape index (κ3) is 3.15. The van der Waals surface area contributed by atoms with Crippen molar-refractivity contribution < 1.29 is 9.59 Å². The molecule has 0 spiro atoms. The average molecular weight is 259 g/mol. The number of nitrogens with one attached hydrogen (secondary N) is 2. The molecule has 16 heavy (non-hydrogen) atoms. The fourth-order valence-electron chi connectivity index (χ4n) is 1.47. The van der Waals surface area contributed by atoms with Crippen LogP contribution in [0, 0.1) is 0 Å². The monoisotopic (exact) mass is 259 g/mol. The van der Waals surface area contributed by atoms with Crippen LogP contribution < -0.4 is 10.7 Å². The average Bonchev–Trinajstić information content (AvgIpc) is 2.89. The van der Waals surface area contributed by atoms with E-state index in [-0.39, 0.29) is 23.9 Å². The number of amides is 2. The van der Waals surface area contributed by atoms with Crippen molar-refractivity contribution in [2.75, 3.05) is 18.1 Å². The van der Waals surface area contributed by atoms with Gasteiger partial charge in [0.05, 0.1) is 11.0 Å². The normalized spacial score (nSPS) is 20.8. The van der Waals surface area contributed by atoms with E-state index in [0.717, 1.165) is 6.42 Å². The first-order valence-electron chi connectivity index (χ1n) is 5.12. The molecular formula is C9H13N3O2S2. The number of rotatable bonds is 4. The zero-order chi connectivity index (χ0) is 11.4. The summed E-state index contributed by atoms with van der Waals surface area (Å²) in [5, 5.41) is 6.45. The van der Waals surface area contributed by atoms with Gasteiger partial charge in [-0.15, -0.1) is 23.5 Å². The molecule has 2 amide bonds. The molecule has 2 rings (SSSR count). The lowest BCUT2D eigenvalue weighted by molar-refractivity contribution is -0.120. The highest BCUT2D eigenvalue weighted by atomic mass is 32.2. The molecule has 7 heteroatoms. The van der Waals surface area contributed by atoms with E-state index in [1.165, 1.54) is 11.5 Å². The van der Waals surface area contributed by atoms with Crippen LogP contribution in [-0.4, -0.2) is 40.2 Å². The lowest BCUT2D eigenvalue weighted by atomic mass is 10.2. The quantitative estimate of drug-likeness (QED) is 0.755. The minimum atomic E-state index is -0.230. The van der Waals surface area contributed by atoms with Gasteiger partial charge in [0.1, 0.15) is 5.71 Å². The van der Waals surface area contributed by atoms with Crippen LogP contribution in [0.3, 0.4) is 0 Å². The van der Waals surface area contributed by atoms with E-state index in [1.807, 2.05) is 23.5 Å².